The quantitative estimate of drug-likeness (QED) is 0.678. The van der Waals surface area contributed by atoms with Gasteiger partial charge in [-0.25, -0.2) is 0 Å². The first-order valence-electron chi connectivity index (χ1n) is 7.10. The number of non-ortho nitro benzene ring substituents is 1. The third kappa shape index (κ3) is 3.58. The Hall–Kier alpha value is -1.95. The zero-order chi connectivity index (χ0) is 15.6. The van der Waals surface area contributed by atoms with Crippen molar-refractivity contribution < 1.29 is 14.8 Å². The molecule has 0 aromatic heterocycles. The Balaban J connectivity index is 2.09. The number of hydrogen-bond acceptors (Lipinski definition) is 4. The van der Waals surface area contributed by atoms with Crippen molar-refractivity contribution in [3.63, 3.8) is 0 Å². The molecule has 0 saturated carbocycles. The number of nitro groups is 1. The van der Waals surface area contributed by atoms with E-state index in [0.717, 1.165) is 11.1 Å². The number of nitrogens with zero attached hydrogens (tertiary/aromatic N) is 2. The van der Waals surface area contributed by atoms with E-state index in [1.807, 2.05) is 13.8 Å². The Labute approximate surface area is 123 Å². The first kappa shape index (κ1) is 15.4. The van der Waals surface area contributed by atoms with Crippen LogP contribution in [0.1, 0.15) is 31.4 Å². The number of aliphatic hydroxyl groups is 1. The number of amides is 1. The predicted molar refractivity (Wildman–Crippen MR) is 77.7 cm³/mol. The lowest BCUT2D eigenvalue weighted by atomic mass is 9.98. The number of fused-ring (bicyclic) bond motifs is 1. The fourth-order valence-corrected chi connectivity index (χ4v) is 2.41. The molecule has 6 nitrogen and oxygen atoms in total. The molecule has 1 amide bonds. The summed E-state index contributed by atoms with van der Waals surface area (Å²) in [5.41, 5.74) is 1.92. The van der Waals surface area contributed by atoms with E-state index >= 15 is 0 Å². The molecule has 1 aliphatic heterocycles. The summed E-state index contributed by atoms with van der Waals surface area (Å²) >= 11 is 0. The number of rotatable bonds is 4. The number of aliphatic hydroxyl groups excluding tert-OH is 1. The van der Waals surface area contributed by atoms with Crippen molar-refractivity contribution in [3.8, 4) is 0 Å². The second-order valence-corrected chi connectivity index (χ2v) is 5.79. The third-order valence-electron chi connectivity index (χ3n) is 3.92. The van der Waals surface area contributed by atoms with Crippen molar-refractivity contribution in [1.29, 1.82) is 0 Å². The molecule has 1 N–H and O–H groups in total. The molecule has 0 fully saturated rings. The summed E-state index contributed by atoms with van der Waals surface area (Å²) in [6.07, 6.45) is 0.141. The highest BCUT2D eigenvalue weighted by atomic mass is 16.6. The maximum atomic E-state index is 12.2. The maximum absolute atomic E-state index is 12.2. The molecule has 0 bridgehead atoms. The molecule has 6 heteroatoms. The minimum Gasteiger partial charge on any atom is -0.392 e. The van der Waals surface area contributed by atoms with E-state index in [4.69, 9.17) is 0 Å². The number of carbonyl (C=O) groups excluding carboxylic acids is 1. The van der Waals surface area contributed by atoms with Crippen molar-refractivity contribution in [1.82, 2.24) is 4.90 Å². The molecule has 1 aromatic carbocycles. The lowest BCUT2D eigenvalue weighted by Gasteiger charge is -2.30. The molecular weight excluding hydrogens is 272 g/mol. The van der Waals surface area contributed by atoms with E-state index < -0.39 is 11.0 Å². The van der Waals surface area contributed by atoms with Crippen LogP contribution in [0.3, 0.4) is 0 Å². The van der Waals surface area contributed by atoms with Gasteiger partial charge in [-0.15, -0.1) is 0 Å². The molecule has 0 radical (unpaired) electrons. The Kier molecular flexibility index (Phi) is 4.57. The summed E-state index contributed by atoms with van der Waals surface area (Å²) in [7, 11) is 0. The van der Waals surface area contributed by atoms with Gasteiger partial charge in [0.2, 0.25) is 5.91 Å². The number of nitro benzene ring substituents is 1. The molecular formula is C15H20N2O4. The second kappa shape index (κ2) is 6.22. The maximum Gasteiger partial charge on any atom is 0.269 e. The van der Waals surface area contributed by atoms with Gasteiger partial charge in [0.15, 0.2) is 0 Å². The van der Waals surface area contributed by atoms with Crippen LogP contribution in [0.25, 0.3) is 0 Å². The normalized spacial score (nSPS) is 15.7. The second-order valence-electron chi connectivity index (χ2n) is 5.79. The summed E-state index contributed by atoms with van der Waals surface area (Å²) < 4.78 is 0. The highest BCUT2D eigenvalue weighted by Crippen LogP contribution is 2.24. The predicted octanol–water partition coefficient (Wildman–Crippen LogP) is 1.89. The topological polar surface area (TPSA) is 83.7 Å². The van der Waals surface area contributed by atoms with Crippen LogP contribution in [0.2, 0.25) is 0 Å². The van der Waals surface area contributed by atoms with Crippen molar-refractivity contribution in [2.45, 2.75) is 39.3 Å². The summed E-state index contributed by atoms with van der Waals surface area (Å²) in [4.78, 5) is 24.2. The first-order chi connectivity index (χ1) is 9.88. The highest BCUT2D eigenvalue weighted by molar-refractivity contribution is 5.77. The lowest BCUT2D eigenvalue weighted by molar-refractivity contribution is -0.385. The Morgan fingerprint density at radius 2 is 2.14 bits per heavy atom. The van der Waals surface area contributed by atoms with Gasteiger partial charge in [0.05, 0.1) is 17.4 Å². The molecule has 0 aliphatic carbocycles. The van der Waals surface area contributed by atoms with Crippen LogP contribution < -0.4 is 0 Å². The zero-order valence-corrected chi connectivity index (χ0v) is 12.3. The average Bonchev–Trinajstić information content (AvgIpc) is 2.45. The first-order valence-corrected chi connectivity index (χ1v) is 7.10. The number of hydrogen-bond donors (Lipinski definition) is 1. The van der Waals surface area contributed by atoms with Gasteiger partial charge in [0.25, 0.3) is 5.69 Å². The fourth-order valence-electron chi connectivity index (χ4n) is 2.41. The molecule has 1 atom stereocenters. The van der Waals surface area contributed by atoms with Crippen LogP contribution in [0.15, 0.2) is 18.2 Å². The highest BCUT2D eigenvalue weighted by Gasteiger charge is 2.24. The standard InChI is InChI=1S/C15H20N2O4/c1-10(2)14(18)8-15(19)16-6-5-11-3-4-13(17(20)21)7-12(11)9-16/h3-4,7,10,14,18H,5-6,8-9H2,1-2H3. The SMILES string of the molecule is CC(C)C(O)CC(=O)N1CCc2ccc([N+](=O)[O-])cc2C1. The molecule has 1 aromatic rings. The molecule has 114 valence electrons. The molecule has 21 heavy (non-hydrogen) atoms. The van der Waals surface area contributed by atoms with Crippen molar-refractivity contribution in [3.05, 3.63) is 39.4 Å². The van der Waals surface area contributed by atoms with E-state index in [1.165, 1.54) is 12.1 Å². The van der Waals surface area contributed by atoms with Crippen LogP contribution in [-0.4, -0.2) is 33.5 Å². The van der Waals surface area contributed by atoms with Crippen LogP contribution >= 0.6 is 0 Å². The van der Waals surface area contributed by atoms with Gasteiger partial charge < -0.3 is 10.0 Å². The minimum atomic E-state index is -0.649. The Bertz CT molecular complexity index is 557. The molecule has 0 spiro atoms. The van der Waals surface area contributed by atoms with Gasteiger partial charge in [-0.2, -0.15) is 0 Å². The third-order valence-corrected chi connectivity index (χ3v) is 3.92. The van der Waals surface area contributed by atoms with Crippen LogP contribution in [0, 0.1) is 16.0 Å². The summed E-state index contributed by atoms with van der Waals surface area (Å²) in [5, 5.41) is 20.6. The number of benzene rings is 1. The summed E-state index contributed by atoms with van der Waals surface area (Å²) in [6, 6.07) is 4.80. The van der Waals surface area contributed by atoms with Crippen LogP contribution in [0.5, 0.6) is 0 Å². The van der Waals surface area contributed by atoms with E-state index in [9.17, 15) is 20.0 Å². The van der Waals surface area contributed by atoms with Crippen molar-refractivity contribution in [2.75, 3.05) is 6.54 Å². The van der Waals surface area contributed by atoms with Gasteiger partial charge in [0.1, 0.15) is 0 Å². The Morgan fingerprint density at radius 3 is 2.76 bits per heavy atom. The van der Waals surface area contributed by atoms with E-state index in [2.05, 4.69) is 0 Å². The molecule has 1 unspecified atom stereocenters. The monoisotopic (exact) mass is 292 g/mol. The van der Waals surface area contributed by atoms with Gasteiger partial charge >= 0.3 is 0 Å². The van der Waals surface area contributed by atoms with E-state index in [0.29, 0.717) is 19.5 Å². The van der Waals surface area contributed by atoms with Gasteiger partial charge in [-0.1, -0.05) is 19.9 Å². The van der Waals surface area contributed by atoms with Gasteiger partial charge in [0, 0.05) is 25.2 Å². The molecule has 0 saturated heterocycles. The van der Waals surface area contributed by atoms with Crippen LogP contribution in [-0.2, 0) is 17.8 Å². The largest absolute Gasteiger partial charge is 0.392 e. The summed E-state index contributed by atoms with van der Waals surface area (Å²) in [5.74, 6) is -0.0690. The zero-order valence-electron chi connectivity index (χ0n) is 12.3. The fraction of sp³-hybridized carbons (Fsp3) is 0.533. The minimum absolute atomic E-state index is 0.0344. The van der Waals surface area contributed by atoms with Crippen LogP contribution in [0.4, 0.5) is 5.69 Å². The Morgan fingerprint density at radius 1 is 1.43 bits per heavy atom. The van der Waals surface area contributed by atoms with Crippen molar-refractivity contribution in [2.24, 2.45) is 5.92 Å². The van der Waals surface area contributed by atoms with Crippen molar-refractivity contribution >= 4 is 11.6 Å². The van der Waals surface area contributed by atoms with E-state index in [1.54, 1.807) is 11.0 Å². The van der Waals surface area contributed by atoms with Gasteiger partial charge in [-0.3, -0.25) is 14.9 Å². The molecule has 1 heterocycles. The average molecular weight is 292 g/mol. The van der Waals surface area contributed by atoms with E-state index in [-0.39, 0.29) is 23.9 Å². The summed E-state index contributed by atoms with van der Waals surface area (Å²) in [6.45, 7) is 4.70. The smallest absolute Gasteiger partial charge is 0.269 e. The lowest BCUT2D eigenvalue weighted by Crippen LogP contribution is -2.38. The number of carbonyl (C=O) groups is 1. The molecule has 2 rings (SSSR count). The molecule has 1 aliphatic rings. The van der Waals surface area contributed by atoms with Gasteiger partial charge in [-0.05, 0) is 23.5 Å².